The van der Waals surface area contributed by atoms with Crippen molar-refractivity contribution in [3.8, 4) is 11.5 Å². The molecule has 0 aliphatic carbocycles. The number of ether oxygens (including phenoxy) is 2. The first-order valence-electron chi connectivity index (χ1n) is 9.23. The quantitative estimate of drug-likeness (QED) is 0.513. The van der Waals surface area contributed by atoms with Crippen molar-refractivity contribution in [2.45, 2.75) is 6.54 Å². The van der Waals surface area contributed by atoms with Gasteiger partial charge in [0.1, 0.15) is 22.9 Å². The standard InChI is InChI=1S/C22H16FN3O4/c23-14-2-4-15(5-3-14)25-21-16-7-8-28-19(16)10-17(26-21)22(27)24-11-13-1-6-18-20(9-13)30-12-29-18/h1-10H,11-12H2,(H,24,27)(H,25,26). The number of nitrogens with one attached hydrogen (secondary N) is 2. The summed E-state index contributed by atoms with van der Waals surface area (Å²) in [7, 11) is 0. The number of hydrogen-bond acceptors (Lipinski definition) is 6. The normalized spacial score (nSPS) is 12.2. The molecular weight excluding hydrogens is 389 g/mol. The van der Waals surface area contributed by atoms with Gasteiger partial charge in [-0.25, -0.2) is 9.37 Å². The van der Waals surface area contributed by atoms with Gasteiger partial charge in [0.25, 0.3) is 5.91 Å². The van der Waals surface area contributed by atoms with Crippen molar-refractivity contribution in [1.29, 1.82) is 0 Å². The Hall–Kier alpha value is -4.07. The maximum atomic E-state index is 13.2. The number of furan rings is 1. The van der Waals surface area contributed by atoms with Crippen LogP contribution in [0.4, 0.5) is 15.9 Å². The summed E-state index contributed by atoms with van der Waals surface area (Å²) in [6.07, 6.45) is 1.52. The molecule has 1 aliphatic rings. The number of rotatable bonds is 5. The molecule has 8 heteroatoms. The molecule has 1 aliphatic heterocycles. The number of carbonyl (C=O) groups is 1. The summed E-state index contributed by atoms with van der Waals surface area (Å²) in [5, 5.41) is 6.67. The van der Waals surface area contributed by atoms with E-state index in [4.69, 9.17) is 13.9 Å². The maximum Gasteiger partial charge on any atom is 0.270 e. The van der Waals surface area contributed by atoms with Crippen LogP contribution in [-0.4, -0.2) is 17.7 Å². The lowest BCUT2D eigenvalue weighted by Crippen LogP contribution is -2.24. The Morgan fingerprint density at radius 3 is 2.73 bits per heavy atom. The SMILES string of the molecule is O=C(NCc1ccc2c(c1)OCO2)c1cc2occc2c(Nc2ccc(F)cc2)n1. The summed E-state index contributed by atoms with van der Waals surface area (Å²) in [5.41, 5.74) is 2.23. The molecule has 0 atom stereocenters. The number of hydrogen-bond donors (Lipinski definition) is 2. The minimum atomic E-state index is -0.354. The van der Waals surface area contributed by atoms with Gasteiger partial charge in [-0.15, -0.1) is 0 Å². The van der Waals surface area contributed by atoms with Gasteiger partial charge in [0, 0.05) is 18.3 Å². The molecule has 0 unspecified atom stereocenters. The molecule has 5 rings (SSSR count). The number of aromatic nitrogens is 1. The van der Waals surface area contributed by atoms with Crippen molar-refractivity contribution in [3.05, 3.63) is 77.9 Å². The highest BCUT2D eigenvalue weighted by atomic mass is 19.1. The fourth-order valence-electron chi connectivity index (χ4n) is 3.17. The summed E-state index contributed by atoms with van der Waals surface area (Å²) in [6.45, 7) is 0.496. The van der Waals surface area contributed by atoms with Crippen LogP contribution in [0.2, 0.25) is 0 Å². The van der Waals surface area contributed by atoms with E-state index in [1.165, 1.54) is 18.4 Å². The lowest BCUT2D eigenvalue weighted by Gasteiger charge is -2.10. The molecule has 0 saturated heterocycles. The topological polar surface area (TPSA) is 85.6 Å². The van der Waals surface area contributed by atoms with Crippen molar-refractivity contribution in [2.75, 3.05) is 12.1 Å². The zero-order chi connectivity index (χ0) is 20.5. The molecule has 4 aromatic rings. The number of halogens is 1. The van der Waals surface area contributed by atoms with Crippen molar-refractivity contribution in [3.63, 3.8) is 0 Å². The highest BCUT2D eigenvalue weighted by Gasteiger charge is 2.16. The average molecular weight is 405 g/mol. The molecule has 0 bridgehead atoms. The summed E-state index contributed by atoms with van der Waals surface area (Å²) in [4.78, 5) is 17.2. The second-order valence-corrected chi connectivity index (χ2v) is 6.69. The van der Waals surface area contributed by atoms with E-state index in [2.05, 4.69) is 15.6 Å². The zero-order valence-electron chi connectivity index (χ0n) is 15.6. The van der Waals surface area contributed by atoms with Gasteiger partial charge in [-0.05, 0) is 48.0 Å². The van der Waals surface area contributed by atoms with Crippen LogP contribution in [0.25, 0.3) is 11.0 Å². The van der Waals surface area contributed by atoms with Crippen LogP contribution in [0.15, 0.2) is 65.3 Å². The maximum absolute atomic E-state index is 13.2. The molecule has 0 fully saturated rings. The molecular formula is C22H16FN3O4. The van der Waals surface area contributed by atoms with Crippen LogP contribution in [0.5, 0.6) is 11.5 Å². The van der Waals surface area contributed by atoms with Gasteiger partial charge >= 0.3 is 0 Å². The first kappa shape index (κ1) is 18.0. The van der Waals surface area contributed by atoms with E-state index in [0.29, 0.717) is 40.5 Å². The molecule has 1 amide bonds. The Labute approximate surface area is 170 Å². The molecule has 3 heterocycles. The smallest absolute Gasteiger partial charge is 0.270 e. The minimum Gasteiger partial charge on any atom is -0.464 e. The third-order valence-electron chi connectivity index (χ3n) is 4.68. The van der Waals surface area contributed by atoms with Crippen molar-refractivity contribution in [1.82, 2.24) is 10.3 Å². The van der Waals surface area contributed by atoms with E-state index in [9.17, 15) is 9.18 Å². The lowest BCUT2D eigenvalue weighted by atomic mass is 10.2. The fraction of sp³-hybridized carbons (Fsp3) is 0.0909. The number of fused-ring (bicyclic) bond motifs is 2. The third kappa shape index (κ3) is 3.50. The minimum absolute atomic E-state index is 0.196. The number of amides is 1. The first-order chi connectivity index (χ1) is 14.7. The van der Waals surface area contributed by atoms with E-state index >= 15 is 0 Å². The number of nitrogens with zero attached hydrogens (tertiary/aromatic N) is 1. The molecule has 0 saturated carbocycles. The van der Waals surface area contributed by atoms with Gasteiger partial charge in [0.15, 0.2) is 11.5 Å². The zero-order valence-corrected chi connectivity index (χ0v) is 15.6. The molecule has 2 aromatic carbocycles. The molecule has 2 N–H and O–H groups in total. The largest absolute Gasteiger partial charge is 0.464 e. The Balaban J connectivity index is 1.37. The highest BCUT2D eigenvalue weighted by Crippen LogP contribution is 2.32. The number of carbonyl (C=O) groups excluding carboxylic acids is 1. The molecule has 30 heavy (non-hydrogen) atoms. The summed E-state index contributed by atoms with van der Waals surface area (Å²) < 4.78 is 29.3. The Morgan fingerprint density at radius 1 is 1.03 bits per heavy atom. The molecule has 2 aromatic heterocycles. The Morgan fingerprint density at radius 2 is 1.87 bits per heavy atom. The van der Waals surface area contributed by atoms with Crippen molar-refractivity contribution >= 4 is 28.4 Å². The molecule has 0 radical (unpaired) electrons. The van der Waals surface area contributed by atoms with E-state index in [0.717, 1.165) is 5.56 Å². The summed E-state index contributed by atoms with van der Waals surface area (Å²) >= 11 is 0. The van der Waals surface area contributed by atoms with Crippen molar-refractivity contribution in [2.24, 2.45) is 0 Å². The van der Waals surface area contributed by atoms with Gasteiger partial charge < -0.3 is 24.5 Å². The summed E-state index contributed by atoms with van der Waals surface area (Å²) in [6, 6.07) is 14.7. The van der Waals surface area contributed by atoms with Crippen LogP contribution < -0.4 is 20.1 Å². The van der Waals surface area contributed by atoms with Crippen LogP contribution in [0.3, 0.4) is 0 Å². The van der Waals surface area contributed by atoms with Crippen LogP contribution >= 0.6 is 0 Å². The molecule has 0 spiro atoms. The Kier molecular flexibility index (Phi) is 4.44. The number of pyridine rings is 1. The second kappa shape index (κ2) is 7.40. The number of benzene rings is 2. The fourth-order valence-corrected chi connectivity index (χ4v) is 3.17. The van der Waals surface area contributed by atoms with E-state index in [1.807, 2.05) is 18.2 Å². The first-order valence-corrected chi connectivity index (χ1v) is 9.23. The van der Waals surface area contributed by atoms with E-state index in [1.54, 1.807) is 24.3 Å². The predicted octanol–water partition coefficient (Wildman–Crippen LogP) is 4.37. The summed E-state index contributed by atoms with van der Waals surface area (Å²) in [5.74, 6) is 1.10. The average Bonchev–Trinajstić information content (AvgIpc) is 3.42. The van der Waals surface area contributed by atoms with E-state index in [-0.39, 0.29) is 24.2 Å². The van der Waals surface area contributed by atoms with Gasteiger partial charge in [0.05, 0.1) is 11.6 Å². The van der Waals surface area contributed by atoms with Gasteiger partial charge in [-0.1, -0.05) is 6.07 Å². The third-order valence-corrected chi connectivity index (χ3v) is 4.68. The van der Waals surface area contributed by atoms with Crippen LogP contribution in [0.1, 0.15) is 16.1 Å². The predicted molar refractivity (Wildman–Crippen MR) is 107 cm³/mol. The molecule has 150 valence electrons. The van der Waals surface area contributed by atoms with Gasteiger partial charge in [0.2, 0.25) is 6.79 Å². The van der Waals surface area contributed by atoms with Crippen LogP contribution in [0, 0.1) is 5.82 Å². The second-order valence-electron chi connectivity index (χ2n) is 6.69. The van der Waals surface area contributed by atoms with Gasteiger partial charge in [-0.3, -0.25) is 4.79 Å². The lowest BCUT2D eigenvalue weighted by molar-refractivity contribution is 0.0946. The highest BCUT2D eigenvalue weighted by molar-refractivity contribution is 5.99. The van der Waals surface area contributed by atoms with E-state index < -0.39 is 0 Å². The Bertz CT molecular complexity index is 1240. The monoisotopic (exact) mass is 405 g/mol. The molecule has 7 nitrogen and oxygen atoms in total. The number of anilines is 2. The van der Waals surface area contributed by atoms with Crippen LogP contribution in [-0.2, 0) is 6.54 Å². The van der Waals surface area contributed by atoms with Gasteiger partial charge in [-0.2, -0.15) is 0 Å². The van der Waals surface area contributed by atoms with Crippen molar-refractivity contribution < 1.29 is 23.1 Å².